The molecular formula is C65H47N5. The van der Waals surface area contributed by atoms with Crippen molar-refractivity contribution in [2.75, 3.05) is 0 Å². The number of hydrogen-bond donors (Lipinski definition) is 1. The number of aliphatic imine (C=N–C) groups is 2. The van der Waals surface area contributed by atoms with Crippen molar-refractivity contribution in [3.63, 3.8) is 0 Å². The molecule has 0 spiro atoms. The van der Waals surface area contributed by atoms with Gasteiger partial charge in [-0.3, -0.25) is 15.4 Å². The van der Waals surface area contributed by atoms with Crippen LogP contribution in [0, 0.1) is 12.3 Å². The predicted octanol–water partition coefficient (Wildman–Crippen LogP) is 15.6. The molecule has 0 atom stereocenters. The van der Waals surface area contributed by atoms with Gasteiger partial charge in [0.25, 0.3) is 0 Å². The van der Waals surface area contributed by atoms with Crippen LogP contribution >= 0.6 is 0 Å². The molecule has 0 bridgehead atoms. The third kappa shape index (κ3) is 7.89. The van der Waals surface area contributed by atoms with Gasteiger partial charge in [0.1, 0.15) is 0 Å². The van der Waals surface area contributed by atoms with E-state index in [0.717, 1.165) is 44.1 Å². The van der Waals surface area contributed by atoms with Crippen LogP contribution in [-0.4, -0.2) is 28.4 Å². The van der Waals surface area contributed by atoms with Gasteiger partial charge in [-0.1, -0.05) is 218 Å². The normalized spacial score (nSPS) is 12.4. The summed E-state index contributed by atoms with van der Waals surface area (Å²) in [6, 6.07) is 83.2. The lowest BCUT2D eigenvalue weighted by atomic mass is 9.67. The van der Waals surface area contributed by atoms with E-state index in [0.29, 0.717) is 5.84 Å². The summed E-state index contributed by atoms with van der Waals surface area (Å²) < 4.78 is 0. The second-order valence-corrected chi connectivity index (χ2v) is 17.5. The molecule has 0 saturated carbocycles. The van der Waals surface area contributed by atoms with E-state index in [1.54, 1.807) is 0 Å². The van der Waals surface area contributed by atoms with Gasteiger partial charge in [0, 0.05) is 34.3 Å². The topological polar surface area (TPSA) is 74.3 Å². The van der Waals surface area contributed by atoms with E-state index in [4.69, 9.17) is 10.4 Å². The zero-order chi connectivity index (χ0) is 47.4. The van der Waals surface area contributed by atoms with Crippen molar-refractivity contribution in [2.24, 2.45) is 9.98 Å². The van der Waals surface area contributed by atoms with Gasteiger partial charge in [0.2, 0.25) is 0 Å². The second kappa shape index (κ2) is 18.8. The highest BCUT2D eigenvalue weighted by Gasteiger charge is 2.46. The number of rotatable bonds is 7. The molecule has 0 aliphatic heterocycles. The van der Waals surface area contributed by atoms with E-state index in [1.807, 2.05) is 79.1 Å². The van der Waals surface area contributed by atoms with Crippen LogP contribution in [0.15, 0.2) is 259 Å². The summed E-state index contributed by atoms with van der Waals surface area (Å²) in [5, 5.41) is 10.1. The number of nitrogens with zero attached hydrogens (tertiary/aromatic N) is 4. The fourth-order valence-electron chi connectivity index (χ4n) is 10.2. The summed E-state index contributed by atoms with van der Waals surface area (Å²) >= 11 is 0. The van der Waals surface area contributed by atoms with E-state index >= 15 is 0 Å². The average molecular weight is 898 g/mol. The smallest absolute Gasteiger partial charge is 0.161 e. The van der Waals surface area contributed by atoms with E-state index in [-0.39, 0.29) is 5.84 Å². The number of hydrogen-bond acceptors (Lipinski definition) is 3. The number of pyridine rings is 2. The van der Waals surface area contributed by atoms with Crippen LogP contribution in [0.25, 0.3) is 66.3 Å². The van der Waals surface area contributed by atoms with Crippen molar-refractivity contribution in [1.82, 2.24) is 9.97 Å². The van der Waals surface area contributed by atoms with Crippen molar-refractivity contribution in [2.45, 2.75) is 12.3 Å². The number of nitrogens with one attached hydrogen (secondary N) is 1. The first kappa shape index (κ1) is 43.4. The van der Waals surface area contributed by atoms with Crippen LogP contribution in [0.4, 0.5) is 0 Å². The van der Waals surface area contributed by atoms with Crippen LogP contribution < -0.4 is 0 Å². The lowest BCUT2D eigenvalue weighted by molar-refractivity contribution is 0.768. The van der Waals surface area contributed by atoms with Gasteiger partial charge in [-0.2, -0.15) is 0 Å². The van der Waals surface area contributed by atoms with Crippen molar-refractivity contribution in [1.29, 1.82) is 5.41 Å². The van der Waals surface area contributed by atoms with Crippen LogP contribution in [0.1, 0.15) is 38.9 Å². The molecule has 5 nitrogen and oxygen atoms in total. The lowest BCUT2D eigenvalue weighted by Gasteiger charge is -2.34. The molecule has 0 radical (unpaired) electrons. The molecule has 1 N–H and O–H groups in total. The minimum Gasteiger partial charge on any atom is -0.282 e. The van der Waals surface area contributed by atoms with Gasteiger partial charge >= 0.3 is 0 Å². The molecule has 0 fully saturated rings. The molecule has 12 rings (SSSR count). The maximum Gasteiger partial charge on any atom is 0.161 e. The Morgan fingerprint density at radius 3 is 1.74 bits per heavy atom. The van der Waals surface area contributed by atoms with Crippen molar-refractivity contribution >= 4 is 40.2 Å². The van der Waals surface area contributed by atoms with E-state index in [9.17, 15) is 0 Å². The van der Waals surface area contributed by atoms with Crippen LogP contribution in [0.5, 0.6) is 0 Å². The highest BCUT2D eigenvalue weighted by atomic mass is 14.9. The SMILES string of the molecule is C=NC(=NC(=N)c1ccccc1)c1ccccc1.Cc1cc(-c2ccc(-c3ccnc4c3ccc3cccnc34)cc2)cc(-c2cccc3c2-c2ccccc2C3(c2ccccc2)c2ccccc2)c1. The number of aryl methyl sites for hydroxylation is 1. The Labute approximate surface area is 408 Å². The number of aromatic nitrogens is 2. The highest BCUT2D eigenvalue weighted by molar-refractivity contribution is 6.12. The van der Waals surface area contributed by atoms with E-state index in [1.165, 1.54) is 61.2 Å². The Morgan fingerprint density at radius 1 is 0.457 bits per heavy atom. The molecule has 332 valence electrons. The summed E-state index contributed by atoms with van der Waals surface area (Å²) in [6.07, 6.45) is 3.74. The van der Waals surface area contributed by atoms with E-state index < -0.39 is 5.41 Å². The van der Waals surface area contributed by atoms with Gasteiger partial charge in [-0.05, 0) is 104 Å². The second-order valence-electron chi connectivity index (χ2n) is 17.5. The summed E-state index contributed by atoms with van der Waals surface area (Å²) in [7, 11) is 0. The van der Waals surface area contributed by atoms with Crippen molar-refractivity contribution in [3.8, 4) is 44.5 Å². The van der Waals surface area contributed by atoms with Gasteiger partial charge in [-0.15, -0.1) is 0 Å². The highest BCUT2D eigenvalue weighted by Crippen LogP contribution is 2.58. The van der Waals surface area contributed by atoms with Gasteiger partial charge in [0.15, 0.2) is 11.7 Å². The zero-order valence-corrected chi connectivity index (χ0v) is 38.7. The Morgan fingerprint density at radius 2 is 1.04 bits per heavy atom. The van der Waals surface area contributed by atoms with Crippen molar-refractivity contribution < 1.29 is 0 Å². The first-order valence-corrected chi connectivity index (χ1v) is 23.5. The first-order valence-electron chi connectivity index (χ1n) is 23.5. The minimum atomic E-state index is -0.424. The first-order chi connectivity index (χ1) is 34.5. The monoisotopic (exact) mass is 897 g/mol. The Kier molecular flexibility index (Phi) is 11.7. The molecule has 0 unspecified atom stereocenters. The molecule has 11 aromatic rings. The molecule has 5 heteroatoms. The van der Waals surface area contributed by atoms with Gasteiger partial charge in [0.05, 0.1) is 16.4 Å². The zero-order valence-electron chi connectivity index (χ0n) is 38.7. The van der Waals surface area contributed by atoms with Crippen LogP contribution in [0.2, 0.25) is 0 Å². The Bertz CT molecular complexity index is 3700. The standard InChI is InChI=1S/C50H34N2.C15H13N3/c1-33-30-37(34-21-23-35(24-22-34)41-27-29-52-49-43(41)26-25-36-12-11-28-51-48(36)49)32-38(31-33)42-18-10-20-46-47(42)44-17-8-9-19-45(44)50(46,39-13-4-2-5-14-39)40-15-6-3-7-16-40;1-17-15(13-10-6-3-7-11-13)18-14(16)12-8-4-2-5-9-12/h2-32H,1H3;2-11,16H,1H2. The Balaban J connectivity index is 0.000000250. The average Bonchev–Trinajstić information content (AvgIpc) is 3.74. The number of fused-ring (bicyclic) bond motifs is 6. The maximum absolute atomic E-state index is 7.94. The predicted molar refractivity (Wildman–Crippen MR) is 291 cm³/mol. The number of benzene rings is 9. The fourth-order valence-corrected chi connectivity index (χ4v) is 10.2. The van der Waals surface area contributed by atoms with Gasteiger partial charge in [-0.25, -0.2) is 9.98 Å². The van der Waals surface area contributed by atoms with E-state index in [2.05, 4.69) is 198 Å². The third-order valence-electron chi connectivity index (χ3n) is 13.3. The molecule has 2 heterocycles. The molecule has 2 aromatic heterocycles. The Hall–Kier alpha value is -9.19. The van der Waals surface area contributed by atoms with Gasteiger partial charge < -0.3 is 0 Å². The van der Waals surface area contributed by atoms with Crippen LogP contribution in [0.3, 0.4) is 0 Å². The molecule has 1 aliphatic rings. The summed E-state index contributed by atoms with van der Waals surface area (Å²) in [6.45, 7) is 5.71. The minimum absolute atomic E-state index is 0.182. The maximum atomic E-state index is 7.94. The summed E-state index contributed by atoms with van der Waals surface area (Å²) in [5.74, 6) is 0.645. The molecular weight excluding hydrogens is 851 g/mol. The molecule has 0 amide bonds. The molecule has 70 heavy (non-hydrogen) atoms. The third-order valence-corrected chi connectivity index (χ3v) is 13.3. The summed E-state index contributed by atoms with van der Waals surface area (Å²) in [4.78, 5) is 17.5. The molecule has 9 aromatic carbocycles. The number of amidine groups is 2. The molecule has 1 aliphatic carbocycles. The lowest BCUT2D eigenvalue weighted by Crippen LogP contribution is -2.28. The quantitative estimate of drug-likeness (QED) is 0.0983. The van der Waals surface area contributed by atoms with Crippen LogP contribution in [-0.2, 0) is 5.41 Å². The fraction of sp³-hybridized carbons (Fsp3) is 0.0308. The largest absolute Gasteiger partial charge is 0.282 e. The van der Waals surface area contributed by atoms with Crippen molar-refractivity contribution in [3.05, 3.63) is 288 Å². The molecule has 0 saturated heterocycles. The summed E-state index contributed by atoms with van der Waals surface area (Å²) in [5.41, 5.74) is 19.3.